The van der Waals surface area contributed by atoms with Crippen molar-refractivity contribution in [2.75, 3.05) is 20.3 Å². The molecule has 0 atom stereocenters. The minimum absolute atomic E-state index is 0.0247. The van der Waals surface area contributed by atoms with Gasteiger partial charge in [-0.25, -0.2) is 0 Å². The molecule has 1 rings (SSSR count). The van der Waals surface area contributed by atoms with Crippen molar-refractivity contribution in [3.05, 3.63) is 29.8 Å². The maximum atomic E-state index is 11.5. The van der Waals surface area contributed by atoms with Crippen LogP contribution < -0.4 is 15.4 Å². The van der Waals surface area contributed by atoms with E-state index >= 15 is 0 Å². The minimum Gasteiger partial charge on any atom is -0.496 e. The number of methoxy groups -OCH3 is 1. The summed E-state index contributed by atoms with van der Waals surface area (Å²) in [5, 5.41) is 13.5. The first-order chi connectivity index (χ1) is 9.19. The number of rotatable bonds is 6. The molecule has 0 radical (unpaired) electrons. The first kappa shape index (κ1) is 15.0. The topological polar surface area (TPSA) is 87.7 Å². The van der Waals surface area contributed by atoms with Gasteiger partial charge in [0, 0.05) is 25.3 Å². The molecule has 0 saturated heterocycles. The Balaban J connectivity index is 2.43. The van der Waals surface area contributed by atoms with Crippen LogP contribution in [-0.2, 0) is 16.1 Å². The molecule has 1 aromatic rings. The largest absolute Gasteiger partial charge is 0.496 e. The SMILES string of the molecule is COc1ccccc1CNC(=O)C(=O)NCCCO. The van der Waals surface area contributed by atoms with E-state index in [2.05, 4.69) is 10.6 Å². The molecular formula is C13H18N2O4. The van der Waals surface area contributed by atoms with E-state index in [1.807, 2.05) is 18.2 Å². The van der Waals surface area contributed by atoms with Gasteiger partial charge in [-0.2, -0.15) is 0 Å². The van der Waals surface area contributed by atoms with Gasteiger partial charge in [0.25, 0.3) is 0 Å². The molecule has 0 aliphatic carbocycles. The molecule has 2 amide bonds. The predicted octanol–water partition coefficient (Wildman–Crippen LogP) is -0.190. The molecule has 0 bridgehead atoms. The lowest BCUT2D eigenvalue weighted by molar-refractivity contribution is -0.139. The Labute approximate surface area is 111 Å². The highest BCUT2D eigenvalue weighted by molar-refractivity contribution is 6.35. The van der Waals surface area contributed by atoms with E-state index in [1.54, 1.807) is 13.2 Å². The number of hydrogen-bond donors (Lipinski definition) is 3. The molecule has 0 spiro atoms. The van der Waals surface area contributed by atoms with E-state index in [9.17, 15) is 9.59 Å². The quantitative estimate of drug-likeness (QED) is 0.492. The van der Waals surface area contributed by atoms with Crippen LogP contribution in [0.2, 0.25) is 0 Å². The lowest BCUT2D eigenvalue weighted by atomic mass is 10.2. The van der Waals surface area contributed by atoms with E-state index in [-0.39, 0.29) is 19.7 Å². The highest BCUT2D eigenvalue weighted by atomic mass is 16.5. The molecule has 104 valence electrons. The van der Waals surface area contributed by atoms with Crippen molar-refractivity contribution >= 4 is 11.8 Å². The molecule has 6 heteroatoms. The third-order valence-electron chi connectivity index (χ3n) is 2.46. The second kappa shape index (κ2) is 8.10. The van der Waals surface area contributed by atoms with Gasteiger partial charge < -0.3 is 20.5 Å². The van der Waals surface area contributed by atoms with Crippen LogP contribution in [0.3, 0.4) is 0 Å². The zero-order chi connectivity index (χ0) is 14.1. The number of benzene rings is 1. The summed E-state index contributed by atoms with van der Waals surface area (Å²) in [6.07, 6.45) is 0.422. The van der Waals surface area contributed by atoms with Gasteiger partial charge in [-0.05, 0) is 12.5 Å². The van der Waals surface area contributed by atoms with Gasteiger partial charge in [0.05, 0.1) is 7.11 Å². The second-order valence-electron chi connectivity index (χ2n) is 3.83. The van der Waals surface area contributed by atoms with Gasteiger partial charge in [-0.15, -0.1) is 0 Å². The van der Waals surface area contributed by atoms with Crippen LogP contribution in [0.1, 0.15) is 12.0 Å². The van der Waals surface area contributed by atoms with Gasteiger partial charge in [-0.3, -0.25) is 9.59 Å². The summed E-state index contributed by atoms with van der Waals surface area (Å²) in [7, 11) is 1.54. The van der Waals surface area contributed by atoms with Crippen molar-refractivity contribution in [3.63, 3.8) is 0 Å². The molecule has 1 aromatic carbocycles. The Morgan fingerprint density at radius 1 is 1.21 bits per heavy atom. The molecule has 19 heavy (non-hydrogen) atoms. The van der Waals surface area contributed by atoms with Gasteiger partial charge in [0.2, 0.25) is 0 Å². The van der Waals surface area contributed by atoms with Gasteiger partial charge in [-0.1, -0.05) is 18.2 Å². The Hall–Kier alpha value is -2.08. The Morgan fingerprint density at radius 2 is 1.89 bits per heavy atom. The Bertz CT molecular complexity index is 434. The van der Waals surface area contributed by atoms with Crippen molar-refractivity contribution < 1.29 is 19.4 Å². The number of hydrogen-bond acceptors (Lipinski definition) is 4. The summed E-state index contributed by atoms with van der Waals surface area (Å²) < 4.78 is 5.14. The average Bonchev–Trinajstić information content (AvgIpc) is 2.45. The standard InChI is InChI=1S/C13H18N2O4/c1-19-11-6-3-2-5-10(11)9-15-13(18)12(17)14-7-4-8-16/h2-3,5-6,16H,4,7-9H2,1H3,(H,14,17)(H,15,18). The van der Waals surface area contributed by atoms with Crippen LogP contribution in [0.5, 0.6) is 5.75 Å². The molecule has 0 saturated carbocycles. The van der Waals surface area contributed by atoms with Crippen molar-refractivity contribution in [2.24, 2.45) is 0 Å². The van der Waals surface area contributed by atoms with Crippen molar-refractivity contribution in [1.82, 2.24) is 10.6 Å². The third-order valence-corrected chi connectivity index (χ3v) is 2.46. The summed E-state index contributed by atoms with van der Waals surface area (Å²) in [6.45, 7) is 0.469. The van der Waals surface area contributed by atoms with Crippen LogP contribution >= 0.6 is 0 Å². The maximum Gasteiger partial charge on any atom is 0.309 e. The monoisotopic (exact) mass is 266 g/mol. The van der Waals surface area contributed by atoms with Crippen LogP contribution in [-0.4, -0.2) is 37.2 Å². The van der Waals surface area contributed by atoms with Gasteiger partial charge in [0.1, 0.15) is 5.75 Å². The van der Waals surface area contributed by atoms with Crippen molar-refractivity contribution in [2.45, 2.75) is 13.0 Å². The fraction of sp³-hybridized carbons (Fsp3) is 0.385. The first-order valence-corrected chi connectivity index (χ1v) is 5.97. The third kappa shape index (κ3) is 4.97. The number of aliphatic hydroxyl groups is 1. The molecule has 0 aliphatic heterocycles. The molecule has 0 heterocycles. The summed E-state index contributed by atoms with van der Waals surface area (Å²) in [5.74, 6) is -0.754. The Kier molecular flexibility index (Phi) is 6.38. The molecule has 0 aliphatic rings. The summed E-state index contributed by atoms with van der Waals surface area (Å²) >= 11 is 0. The minimum atomic E-state index is -0.705. The fourth-order valence-corrected chi connectivity index (χ4v) is 1.47. The molecular weight excluding hydrogens is 248 g/mol. The van der Waals surface area contributed by atoms with Crippen molar-refractivity contribution in [3.8, 4) is 5.75 Å². The number of ether oxygens (including phenoxy) is 1. The van der Waals surface area contributed by atoms with Crippen LogP contribution in [0, 0.1) is 0 Å². The fourth-order valence-electron chi connectivity index (χ4n) is 1.47. The zero-order valence-corrected chi connectivity index (χ0v) is 10.8. The number of carbonyl (C=O) groups is 2. The van der Waals surface area contributed by atoms with E-state index in [0.29, 0.717) is 12.2 Å². The normalized spacial score (nSPS) is 9.79. The number of carbonyl (C=O) groups excluding carboxylic acids is 2. The van der Waals surface area contributed by atoms with E-state index in [1.165, 1.54) is 0 Å². The number of nitrogens with one attached hydrogen (secondary N) is 2. The van der Waals surface area contributed by atoms with E-state index < -0.39 is 11.8 Å². The smallest absolute Gasteiger partial charge is 0.309 e. The van der Waals surface area contributed by atoms with Gasteiger partial charge in [0.15, 0.2) is 0 Å². The highest BCUT2D eigenvalue weighted by Gasteiger charge is 2.12. The molecule has 6 nitrogen and oxygen atoms in total. The molecule has 0 aromatic heterocycles. The first-order valence-electron chi connectivity index (χ1n) is 5.97. The average molecular weight is 266 g/mol. The Morgan fingerprint density at radius 3 is 2.58 bits per heavy atom. The van der Waals surface area contributed by atoms with E-state index in [0.717, 1.165) is 5.56 Å². The number of para-hydroxylation sites is 1. The number of aliphatic hydroxyl groups excluding tert-OH is 1. The van der Waals surface area contributed by atoms with Crippen LogP contribution in [0.4, 0.5) is 0 Å². The second-order valence-corrected chi connectivity index (χ2v) is 3.83. The lowest BCUT2D eigenvalue weighted by Gasteiger charge is -2.09. The molecule has 0 fully saturated rings. The maximum absolute atomic E-state index is 11.5. The van der Waals surface area contributed by atoms with Crippen LogP contribution in [0.25, 0.3) is 0 Å². The van der Waals surface area contributed by atoms with Gasteiger partial charge >= 0.3 is 11.8 Å². The van der Waals surface area contributed by atoms with Crippen LogP contribution in [0.15, 0.2) is 24.3 Å². The van der Waals surface area contributed by atoms with E-state index in [4.69, 9.17) is 9.84 Å². The summed E-state index contributed by atoms with van der Waals surface area (Å²) in [4.78, 5) is 22.8. The summed E-state index contributed by atoms with van der Waals surface area (Å²) in [5.41, 5.74) is 0.793. The predicted molar refractivity (Wildman–Crippen MR) is 69.6 cm³/mol. The highest BCUT2D eigenvalue weighted by Crippen LogP contribution is 2.16. The molecule has 3 N–H and O–H groups in total. The molecule has 0 unspecified atom stereocenters. The number of amides is 2. The summed E-state index contributed by atoms with van der Waals surface area (Å²) in [6, 6.07) is 7.24. The van der Waals surface area contributed by atoms with Crippen molar-refractivity contribution in [1.29, 1.82) is 0 Å². The lowest BCUT2D eigenvalue weighted by Crippen LogP contribution is -2.40. The zero-order valence-electron chi connectivity index (χ0n) is 10.8.